The fourth-order valence-corrected chi connectivity index (χ4v) is 3.13. The van der Waals surface area contributed by atoms with Gasteiger partial charge in [0.25, 0.3) is 5.91 Å². The van der Waals surface area contributed by atoms with Crippen LogP contribution in [0.15, 0.2) is 24.3 Å². The number of nitrogens with one attached hydrogen (secondary N) is 2. The smallest absolute Gasteiger partial charge is 0.251 e. The summed E-state index contributed by atoms with van der Waals surface area (Å²) < 4.78 is 16.0. The highest BCUT2D eigenvalue weighted by atomic mass is 19.1. The Hall–Kier alpha value is -2.21. The van der Waals surface area contributed by atoms with Gasteiger partial charge in [0.05, 0.1) is 5.69 Å². The van der Waals surface area contributed by atoms with Crippen molar-refractivity contribution in [3.05, 3.63) is 47.0 Å². The van der Waals surface area contributed by atoms with Gasteiger partial charge in [-0.15, -0.1) is 0 Å². The number of amides is 1. The van der Waals surface area contributed by atoms with Crippen LogP contribution in [0.4, 0.5) is 4.39 Å². The van der Waals surface area contributed by atoms with E-state index in [0.717, 1.165) is 30.9 Å². The van der Waals surface area contributed by atoms with E-state index in [1.165, 1.54) is 6.07 Å². The van der Waals surface area contributed by atoms with E-state index in [9.17, 15) is 9.18 Å². The molecule has 0 saturated carbocycles. The molecule has 2 atom stereocenters. The molecule has 1 fully saturated rings. The van der Waals surface area contributed by atoms with Gasteiger partial charge in [-0.1, -0.05) is 6.92 Å². The summed E-state index contributed by atoms with van der Waals surface area (Å²) in [5.41, 5.74) is 2.36. The predicted octanol–water partition coefficient (Wildman–Crippen LogP) is 2.36. The molecule has 128 valence electrons. The zero-order chi connectivity index (χ0) is 17.3. The molecular weight excluding hydrogens is 307 g/mol. The molecule has 1 saturated heterocycles. The molecule has 3 rings (SSSR count). The van der Waals surface area contributed by atoms with Crippen molar-refractivity contribution in [1.29, 1.82) is 0 Å². The Morgan fingerprint density at radius 1 is 1.38 bits per heavy atom. The molecule has 1 aliphatic heterocycles. The maximum absolute atomic E-state index is 14.5. The van der Waals surface area contributed by atoms with Crippen molar-refractivity contribution in [2.24, 2.45) is 5.92 Å². The molecule has 24 heavy (non-hydrogen) atoms. The average Bonchev–Trinajstić information content (AvgIpc) is 2.87. The van der Waals surface area contributed by atoms with Crippen molar-refractivity contribution in [1.82, 2.24) is 20.4 Å². The lowest BCUT2D eigenvalue weighted by Crippen LogP contribution is -2.50. The number of halogens is 1. The highest BCUT2D eigenvalue weighted by molar-refractivity contribution is 5.94. The van der Waals surface area contributed by atoms with Crippen LogP contribution in [0.2, 0.25) is 0 Å². The van der Waals surface area contributed by atoms with Gasteiger partial charge in [-0.05, 0) is 57.0 Å². The van der Waals surface area contributed by atoms with Crippen LogP contribution in [0.5, 0.6) is 0 Å². The van der Waals surface area contributed by atoms with Crippen molar-refractivity contribution < 1.29 is 9.18 Å². The van der Waals surface area contributed by atoms with Gasteiger partial charge in [0.2, 0.25) is 0 Å². The maximum atomic E-state index is 14.5. The summed E-state index contributed by atoms with van der Waals surface area (Å²) in [5.74, 6) is -0.285. The van der Waals surface area contributed by atoms with Gasteiger partial charge in [0.1, 0.15) is 11.5 Å². The number of benzene rings is 1. The SMILES string of the molecule is Cc1cc(C)n(-c2ccc(C(=O)NC3CNCCC3C)cc2F)n1. The second-order valence-corrected chi connectivity index (χ2v) is 6.56. The first-order chi connectivity index (χ1) is 11.5. The van der Waals surface area contributed by atoms with Gasteiger partial charge >= 0.3 is 0 Å². The Bertz CT molecular complexity index is 755. The summed E-state index contributed by atoms with van der Waals surface area (Å²) in [6.45, 7) is 7.58. The second-order valence-electron chi connectivity index (χ2n) is 6.56. The summed E-state index contributed by atoms with van der Waals surface area (Å²) >= 11 is 0. The number of piperidine rings is 1. The summed E-state index contributed by atoms with van der Waals surface area (Å²) in [5, 5.41) is 10.6. The minimum Gasteiger partial charge on any atom is -0.348 e. The highest BCUT2D eigenvalue weighted by Gasteiger charge is 2.23. The molecule has 1 aromatic heterocycles. The first-order valence-electron chi connectivity index (χ1n) is 8.30. The number of hydrogen-bond donors (Lipinski definition) is 2. The van der Waals surface area contributed by atoms with E-state index in [1.807, 2.05) is 19.9 Å². The predicted molar refractivity (Wildman–Crippen MR) is 90.9 cm³/mol. The Morgan fingerprint density at radius 2 is 2.17 bits per heavy atom. The number of rotatable bonds is 3. The largest absolute Gasteiger partial charge is 0.348 e. The van der Waals surface area contributed by atoms with Crippen molar-refractivity contribution in [3.8, 4) is 5.69 Å². The third-order valence-electron chi connectivity index (χ3n) is 4.59. The van der Waals surface area contributed by atoms with Crippen LogP contribution in [0.25, 0.3) is 5.69 Å². The Labute approximate surface area is 141 Å². The number of carbonyl (C=O) groups is 1. The fraction of sp³-hybridized carbons (Fsp3) is 0.444. The van der Waals surface area contributed by atoms with E-state index < -0.39 is 5.82 Å². The van der Waals surface area contributed by atoms with E-state index in [2.05, 4.69) is 22.7 Å². The van der Waals surface area contributed by atoms with Crippen LogP contribution in [0.3, 0.4) is 0 Å². The normalized spacial score (nSPS) is 20.8. The van der Waals surface area contributed by atoms with Crippen molar-refractivity contribution >= 4 is 5.91 Å². The molecule has 1 aromatic carbocycles. The van der Waals surface area contributed by atoms with E-state index >= 15 is 0 Å². The van der Waals surface area contributed by atoms with E-state index in [0.29, 0.717) is 17.2 Å². The minimum absolute atomic E-state index is 0.0741. The quantitative estimate of drug-likeness (QED) is 0.908. The fourth-order valence-electron chi connectivity index (χ4n) is 3.13. The van der Waals surface area contributed by atoms with Crippen molar-refractivity contribution in [3.63, 3.8) is 0 Å². The summed E-state index contributed by atoms with van der Waals surface area (Å²) in [6.07, 6.45) is 1.02. The number of aryl methyl sites for hydroxylation is 2. The van der Waals surface area contributed by atoms with Crippen LogP contribution >= 0.6 is 0 Å². The Morgan fingerprint density at radius 3 is 2.79 bits per heavy atom. The van der Waals surface area contributed by atoms with Gasteiger partial charge in [-0.2, -0.15) is 5.10 Å². The second kappa shape index (κ2) is 6.73. The zero-order valence-electron chi connectivity index (χ0n) is 14.3. The summed E-state index contributed by atoms with van der Waals surface area (Å²) in [6, 6.07) is 6.49. The molecule has 0 bridgehead atoms. The first-order valence-corrected chi connectivity index (χ1v) is 8.30. The molecule has 2 aromatic rings. The van der Waals surface area contributed by atoms with E-state index in [-0.39, 0.29) is 11.9 Å². The molecule has 2 N–H and O–H groups in total. The topological polar surface area (TPSA) is 59.0 Å². The van der Waals surface area contributed by atoms with Crippen LogP contribution < -0.4 is 10.6 Å². The number of nitrogens with zero attached hydrogens (tertiary/aromatic N) is 2. The molecule has 0 spiro atoms. The third kappa shape index (κ3) is 3.33. The summed E-state index contributed by atoms with van der Waals surface area (Å²) in [4.78, 5) is 12.4. The number of carbonyl (C=O) groups excluding carboxylic acids is 1. The maximum Gasteiger partial charge on any atom is 0.251 e. The molecule has 2 heterocycles. The zero-order valence-corrected chi connectivity index (χ0v) is 14.3. The molecular formula is C18H23FN4O. The standard InChI is InChI=1S/C18H23FN4O/c1-11-6-7-20-10-16(11)21-18(24)14-4-5-17(15(19)9-14)23-13(3)8-12(2)22-23/h4-5,8-9,11,16,20H,6-7,10H2,1-3H3,(H,21,24). The Kier molecular flexibility index (Phi) is 4.66. The molecule has 2 unspecified atom stereocenters. The monoisotopic (exact) mass is 330 g/mol. The number of hydrogen-bond acceptors (Lipinski definition) is 3. The molecule has 0 radical (unpaired) electrons. The lowest BCUT2D eigenvalue weighted by Gasteiger charge is -2.30. The minimum atomic E-state index is -0.455. The van der Waals surface area contributed by atoms with Crippen LogP contribution in [-0.2, 0) is 0 Å². The van der Waals surface area contributed by atoms with Crippen molar-refractivity contribution in [2.45, 2.75) is 33.2 Å². The summed E-state index contributed by atoms with van der Waals surface area (Å²) in [7, 11) is 0. The molecule has 6 heteroatoms. The Balaban J connectivity index is 1.79. The highest BCUT2D eigenvalue weighted by Crippen LogP contribution is 2.18. The van der Waals surface area contributed by atoms with Gasteiger partial charge in [-0.3, -0.25) is 4.79 Å². The van der Waals surface area contributed by atoms with E-state index in [4.69, 9.17) is 0 Å². The van der Waals surface area contributed by atoms with Gasteiger partial charge < -0.3 is 10.6 Å². The lowest BCUT2D eigenvalue weighted by molar-refractivity contribution is 0.0915. The molecule has 1 amide bonds. The average molecular weight is 330 g/mol. The van der Waals surface area contributed by atoms with Crippen LogP contribution in [0, 0.1) is 25.6 Å². The van der Waals surface area contributed by atoms with Crippen LogP contribution in [0.1, 0.15) is 35.1 Å². The van der Waals surface area contributed by atoms with Gasteiger partial charge in [-0.25, -0.2) is 9.07 Å². The molecule has 5 nitrogen and oxygen atoms in total. The molecule has 1 aliphatic rings. The van der Waals surface area contributed by atoms with Crippen molar-refractivity contribution in [2.75, 3.05) is 13.1 Å². The van der Waals surface area contributed by atoms with Crippen LogP contribution in [-0.4, -0.2) is 34.8 Å². The molecule has 0 aliphatic carbocycles. The van der Waals surface area contributed by atoms with Gasteiger partial charge in [0, 0.05) is 23.8 Å². The first kappa shape index (κ1) is 16.6. The lowest BCUT2D eigenvalue weighted by atomic mass is 9.94. The van der Waals surface area contributed by atoms with Gasteiger partial charge in [0.15, 0.2) is 0 Å². The third-order valence-corrected chi connectivity index (χ3v) is 4.59. The number of aromatic nitrogens is 2. The van der Waals surface area contributed by atoms with E-state index in [1.54, 1.807) is 16.8 Å².